The van der Waals surface area contributed by atoms with Gasteiger partial charge in [0.05, 0.1) is 31.3 Å². The molecule has 5 nitrogen and oxygen atoms in total. The van der Waals surface area contributed by atoms with E-state index in [1.54, 1.807) is 6.26 Å². The highest BCUT2D eigenvalue weighted by Gasteiger charge is 2.53. The lowest BCUT2D eigenvalue weighted by molar-refractivity contribution is 0.0427. The van der Waals surface area contributed by atoms with Crippen LogP contribution in [0.25, 0.3) is 0 Å². The highest BCUT2D eigenvalue weighted by molar-refractivity contribution is 6.99. The van der Waals surface area contributed by atoms with Crippen LogP contribution in [0.4, 0.5) is 5.69 Å². The summed E-state index contributed by atoms with van der Waals surface area (Å²) in [5.74, 6) is 0.470. The van der Waals surface area contributed by atoms with Crippen LogP contribution in [0.2, 0.25) is 5.04 Å². The van der Waals surface area contributed by atoms with Crippen LogP contribution in [-0.4, -0.2) is 21.0 Å². The Labute approximate surface area is 238 Å². The Morgan fingerprint density at radius 1 is 0.900 bits per heavy atom. The van der Waals surface area contributed by atoms with Crippen LogP contribution in [-0.2, 0) is 15.8 Å². The third-order valence-corrected chi connectivity index (χ3v) is 13.3. The molecule has 206 valence electrons. The first kappa shape index (κ1) is 27.9. The highest BCUT2D eigenvalue weighted by atomic mass is 28.4. The number of nitrogens with two attached hydrogens (primary N) is 1. The number of anilines is 1. The minimum atomic E-state index is -2.77. The lowest BCUT2D eigenvalue weighted by Crippen LogP contribution is -2.68. The van der Waals surface area contributed by atoms with E-state index in [2.05, 4.69) is 99.6 Å². The second kappa shape index (κ2) is 11.9. The predicted octanol–water partition coefficient (Wildman–Crippen LogP) is 6.39. The van der Waals surface area contributed by atoms with Gasteiger partial charge in [0, 0.05) is 11.5 Å². The molecule has 3 aromatic carbocycles. The number of rotatable bonds is 9. The van der Waals surface area contributed by atoms with Gasteiger partial charge in [0.1, 0.15) is 6.07 Å². The maximum absolute atomic E-state index is 9.43. The van der Waals surface area contributed by atoms with E-state index in [0.29, 0.717) is 18.9 Å². The molecule has 1 aliphatic carbocycles. The normalized spacial score (nSPS) is 19.4. The van der Waals surface area contributed by atoms with Crippen LogP contribution < -0.4 is 16.1 Å². The van der Waals surface area contributed by atoms with Crippen LogP contribution in [0, 0.1) is 17.2 Å². The zero-order chi connectivity index (χ0) is 28.2. The number of nitriles is 1. The zero-order valence-electron chi connectivity index (χ0n) is 23.5. The fourth-order valence-corrected chi connectivity index (χ4v) is 11.0. The molecule has 4 aromatic rings. The zero-order valence-corrected chi connectivity index (χ0v) is 24.5. The van der Waals surface area contributed by atoms with E-state index in [-0.39, 0.29) is 28.7 Å². The van der Waals surface area contributed by atoms with Crippen molar-refractivity contribution in [2.45, 2.75) is 57.3 Å². The van der Waals surface area contributed by atoms with Crippen LogP contribution in [0.1, 0.15) is 56.4 Å². The molecule has 1 saturated carbocycles. The van der Waals surface area contributed by atoms with Gasteiger partial charge in [-0.1, -0.05) is 112 Å². The molecule has 1 heterocycles. The molecule has 40 heavy (non-hydrogen) atoms. The highest BCUT2D eigenvalue weighted by Crippen LogP contribution is 2.47. The quantitative estimate of drug-likeness (QED) is 0.244. The van der Waals surface area contributed by atoms with Gasteiger partial charge in [0.15, 0.2) is 0 Å². The maximum Gasteiger partial charge on any atom is 0.261 e. The summed E-state index contributed by atoms with van der Waals surface area (Å²) in [7, 11) is -2.77. The number of ether oxygens (including phenoxy) is 1. The number of hydrogen-bond donors (Lipinski definition) is 1. The van der Waals surface area contributed by atoms with Crippen LogP contribution >= 0.6 is 0 Å². The van der Waals surface area contributed by atoms with Gasteiger partial charge >= 0.3 is 0 Å². The fourth-order valence-electron chi connectivity index (χ4n) is 6.26. The largest absolute Gasteiger partial charge is 0.451 e. The Morgan fingerprint density at radius 2 is 1.48 bits per heavy atom. The van der Waals surface area contributed by atoms with Gasteiger partial charge < -0.3 is 19.3 Å². The second-order valence-corrected chi connectivity index (χ2v) is 16.0. The number of benzene rings is 3. The van der Waals surface area contributed by atoms with Crippen LogP contribution in [0.5, 0.6) is 0 Å². The first-order chi connectivity index (χ1) is 19.3. The Bertz CT molecular complexity index is 1390. The molecule has 0 amide bonds. The Hall–Kier alpha value is -3.63. The molecule has 3 atom stereocenters. The van der Waals surface area contributed by atoms with Crippen molar-refractivity contribution < 1.29 is 13.6 Å². The van der Waals surface area contributed by atoms with Gasteiger partial charge in [-0.25, -0.2) is 0 Å². The average molecular weight is 551 g/mol. The van der Waals surface area contributed by atoms with E-state index in [1.807, 2.05) is 18.2 Å². The minimum Gasteiger partial charge on any atom is -0.451 e. The molecule has 6 heteroatoms. The van der Waals surface area contributed by atoms with Crippen molar-refractivity contribution in [3.63, 3.8) is 0 Å². The van der Waals surface area contributed by atoms with Crippen molar-refractivity contribution >= 4 is 24.4 Å². The second-order valence-electron chi connectivity index (χ2n) is 11.8. The molecule has 1 aromatic heterocycles. The molecule has 1 fully saturated rings. The van der Waals surface area contributed by atoms with E-state index in [4.69, 9.17) is 19.3 Å². The molecule has 1 aliphatic rings. The topological polar surface area (TPSA) is 81.4 Å². The van der Waals surface area contributed by atoms with Crippen LogP contribution in [0.3, 0.4) is 0 Å². The summed E-state index contributed by atoms with van der Waals surface area (Å²) < 4.78 is 19.4. The SMILES string of the molecule is CC(C)(C)[Si](O[C@@H]1CC(c2coc(C#N)c2N)C[C@H]1COCc1ccccc1)(c1ccccc1)c1ccccc1. The third-order valence-electron chi connectivity index (χ3n) is 8.22. The molecule has 0 bridgehead atoms. The van der Waals surface area contributed by atoms with Gasteiger partial charge in [0.2, 0.25) is 5.76 Å². The molecule has 0 aliphatic heterocycles. The van der Waals surface area contributed by atoms with Crippen molar-refractivity contribution in [1.29, 1.82) is 5.26 Å². The van der Waals surface area contributed by atoms with E-state index in [0.717, 1.165) is 24.0 Å². The Balaban J connectivity index is 1.51. The standard InChI is InChI=1S/C34H38N2O3Si/c1-34(2,3)40(28-15-9-5-10-16-28,29-17-11-6-12-18-29)39-31-20-26(30-24-38-32(21-35)33(30)36)19-27(31)23-37-22-25-13-7-4-8-14-25/h4-18,24,26-27,31H,19-20,22-23,36H2,1-3H3/t26?,27-,31+/m0/s1. The van der Waals surface area contributed by atoms with Gasteiger partial charge in [-0.3, -0.25) is 0 Å². The van der Waals surface area contributed by atoms with Crippen molar-refractivity contribution in [3.8, 4) is 6.07 Å². The number of nitrogens with zero attached hydrogens (tertiary/aromatic N) is 1. The number of hydrogen-bond acceptors (Lipinski definition) is 5. The summed E-state index contributed by atoms with van der Waals surface area (Å²) in [6, 6.07) is 33.8. The van der Waals surface area contributed by atoms with Gasteiger partial charge in [-0.15, -0.1) is 0 Å². The smallest absolute Gasteiger partial charge is 0.261 e. The summed E-state index contributed by atoms with van der Waals surface area (Å²) >= 11 is 0. The first-order valence-corrected chi connectivity index (χ1v) is 15.9. The molecule has 1 unspecified atom stereocenters. The van der Waals surface area contributed by atoms with Crippen molar-refractivity contribution in [2.24, 2.45) is 5.92 Å². The Morgan fingerprint density at radius 3 is 2.00 bits per heavy atom. The van der Waals surface area contributed by atoms with Gasteiger partial charge in [-0.2, -0.15) is 5.26 Å². The Kier molecular flexibility index (Phi) is 8.27. The van der Waals surface area contributed by atoms with E-state index >= 15 is 0 Å². The molecular weight excluding hydrogens is 512 g/mol. The summed E-state index contributed by atoms with van der Waals surface area (Å²) in [6.45, 7) is 8.05. The van der Waals surface area contributed by atoms with Crippen molar-refractivity contribution in [1.82, 2.24) is 0 Å². The lowest BCUT2D eigenvalue weighted by atomic mass is 9.97. The van der Waals surface area contributed by atoms with E-state index in [9.17, 15) is 5.26 Å². The number of nitrogen functional groups attached to an aromatic ring is 1. The average Bonchev–Trinajstić information content (AvgIpc) is 3.54. The number of furan rings is 1. The lowest BCUT2D eigenvalue weighted by Gasteiger charge is -2.45. The molecule has 5 rings (SSSR count). The van der Waals surface area contributed by atoms with Gasteiger partial charge in [-0.05, 0) is 39.7 Å². The van der Waals surface area contributed by atoms with Gasteiger partial charge in [0.25, 0.3) is 8.32 Å². The molecule has 2 N–H and O–H groups in total. The maximum atomic E-state index is 9.43. The predicted molar refractivity (Wildman–Crippen MR) is 162 cm³/mol. The summed E-state index contributed by atoms with van der Waals surface area (Å²) in [5, 5.41) is 11.8. The minimum absolute atomic E-state index is 0.0492. The monoisotopic (exact) mass is 550 g/mol. The third kappa shape index (κ3) is 5.51. The molecule has 0 saturated heterocycles. The first-order valence-electron chi connectivity index (χ1n) is 14.0. The van der Waals surface area contributed by atoms with Crippen molar-refractivity contribution in [3.05, 3.63) is 114 Å². The van der Waals surface area contributed by atoms with Crippen molar-refractivity contribution in [2.75, 3.05) is 12.3 Å². The fraction of sp³-hybridized carbons (Fsp3) is 0.324. The molecule has 0 spiro atoms. The van der Waals surface area contributed by atoms with Crippen LogP contribution in [0.15, 0.2) is 102 Å². The molecular formula is C34H38N2O3Si. The summed E-state index contributed by atoms with van der Waals surface area (Å²) in [4.78, 5) is 0. The van der Waals surface area contributed by atoms with E-state index in [1.165, 1.54) is 10.4 Å². The molecule has 0 radical (unpaired) electrons. The van der Waals surface area contributed by atoms with E-state index < -0.39 is 8.32 Å². The summed E-state index contributed by atoms with van der Waals surface area (Å²) in [5.41, 5.74) is 8.86. The summed E-state index contributed by atoms with van der Waals surface area (Å²) in [6.07, 6.45) is 3.25.